The first-order valence-electron chi connectivity index (χ1n) is 9.17. The van der Waals surface area contributed by atoms with Gasteiger partial charge in [0.25, 0.3) is 5.69 Å². The van der Waals surface area contributed by atoms with Gasteiger partial charge < -0.3 is 14.6 Å². The Morgan fingerprint density at radius 2 is 1.81 bits per heavy atom. The first-order valence-corrected chi connectivity index (χ1v) is 9.17. The molecule has 1 aliphatic rings. The fraction of sp³-hybridized carbons (Fsp3) is 0.238. The number of hydrogen-bond donors (Lipinski definition) is 1. The highest BCUT2D eigenvalue weighted by Crippen LogP contribution is 2.33. The minimum Gasteiger partial charge on any atom is -0.458 e. The zero-order valence-electron chi connectivity index (χ0n) is 16.3. The third-order valence-corrected chi connectivity index (χ3v) is 4.73. The molecule has 1 heterocycles. The number of aliphatic hydroxyl groups is 1. The van der Waals surface area contributed by atoms with Gasteiger partial charge in [-0.05, 0) is 48.0 Å². The van der Waals surface area contributed by atoms with Crippen LogP contribution in [-0.4, -0.2) is 40.8 Å². The zero-order chi connectivity index (χ0) is 23.5. The summed E-state index contributed by atoms with van der Waals surface area (Å²) in [5.74, 6) is -1.71. The van der Waals surface area contributed by atoms with Crippen molar-refractivity contribution >= 4 is 23.7 Å². The predicted octanol–water partition coefficient (Wildman–Crippen LogP) is 3.53. The van der Waals surface area contributed by atoms with E-state index in [1.165, 1.54) is 30.3 Å². The number of cyclic esters (lactones) is 1. The van der Waals surface area contributed by atoms with Crippen molar-refractivity contribution in [3.8, 4) is 0 Å². The molecule has 1 atom stereocenters. The summed E-state index contributed by atoms with van der Waals surface area (Å²) in [5, 5.41) is 20.4. The van der Waals surface area contributed by atoms with E-state index in [4.69, 9.17) is 9.47 Å². The highest BCUT2D eigenvalue weighted by molar-refractivity contribution is 5.96. The average molecular weight is 451 g/mol. The van der Waals surface area contributed by atoms with Gasteiger partial charge in [-0.3, -0.25) is 10.1 Å². The molecule has 0 bridgehead atoms. The van der Waals surface area contributed by atoms with Crippen molar-refractivity contribution in [2.45, 2.75) is 18.2 Å². The van der Waals surface area contributed by atoms with Crippen molar-refractivity contribution < 1.29 is 42.3 Å². The Morgan fingerprint density at radius 1 is 1.19 bits per heavy atom. The number of nitro groups is 1. The summed E-state index contributed by atoms with van der Waals surface area (Å²) in [7, 11) is 0. The summed E-state index contributed by atoms with van der Waals surface area (Å²) in [6.45, 7) is -1.19. The molecule has 1 fully saturated rings. The van der Waals surface area contributed by atoms with Crippen molar-refractivity contribution in [1.29, 1.82) is 0 Å². The Labute approximate surface area is 179 Å². The van der Waals surface area contributed by atoms with Crippen LogP contribution in [0.2, 0.25) is 0 Å². The van der Waals surface area contributed by atoms with Gasteiger partial charge in [0.2, 0.25) is 0 Å². The van der Waals surface area contributed by atoms with Crippen LogP contribution in [-0.2, 0) is 20.4 Å². The number of non-ortho nitro benzene ring substituents is 1. The van der Waals surface area contributed by atoms with E-state index in [9.17, 15) is 38.0 Å². The lowest BCUT2D eigenvalue weighted by Gasteiger charge is -2.24. The molecule has 3 rings (SSSR count). The SMILES string of the molecule is O=C1OC(CO)(COC(=O)c2ccc(C(F)(F)F)cc2)C/C1=C/c1ccc([N+](=O)[O-])cc1. The van der Waals surface area contributed by atoms with Crippen LogP contribution < -0.4 is 0 Å². The molecule has 2 aromatic rings. The van der Waals surface area contributed by atoms with Gasteiger partial charge in [0.1, 0.15) is 6.61 Å². The van der Waals surface area contributed by atoms with Crippen molar-refractivity contribution in [2.75, 3.05) is 13.2 Å². The number of hydrogen-bond acceptors (Lipinski definition) is 7. The minimum absolute atomic E-state index is 0.111. The molecule has 1 aliphatic heterocycles. The standard InChI is InChI=1S/C21H16F3NO7/c22-21(23,24)16-5-3-14(4-6-16)18(27)31-12-20(11-26)10-15(19(28)32-20)9-13-1-7-17(8-2-13)25(29)30/h1-9,26H,10-12H2/b15-9-. The number of nitrogens with zero attached hydrogens (tertiary/aromatic N) is 1. The Bertz CT molecular complexity index is 1060. The number of nitro benzene ring substituents is 1. The summed E-state index contributed by atoms with van der Waals surface area (Å²) in [6, 6.07) is 8.77. The van der Waals surface area contributed by atoms with E-state index in [2.05, 4.69) is 0 Å². The Hall–Kier alpha value is -3.73. The van der Waals surface area contributed by atoms with Gasteiger partial charge >= 0.3 is 18.1 Å². The van der Waals surface area contributed by atoms with Crippen molar-refractivity contribution in [1.82, 2.24) is 0 Å². The van der Waals surface area contributed by atoms with E-state index >= 15 is 0 Å². The smallest absolute Gasteiger partial charge is 0.416 e. The molecule has 2 aromatic carbocycles. The molecular weight excluding hydrogens is 435 g/mol. The second-order valence-corrected chi connectivity index (χ2v) is 7.08. The van der Waals surface area contributed by atoms with Gasteiger partial charge in [0.05, 0.1) is 22.7 Å². The van der Waals surface area contributed by atoms with Crippen molar-refractivity contribution in [2.24, 2.45) is 0 Å². The van der Waals surface area contributed by atoms with Crippen molar-refractivity contribution in [3.63, 3.8) is 0 Å². The van der Waals surface area contributed by atoms with E-state index in [1.807, 2.05) is 0 Å². The van der Waals surface area contributed by atoms with Crippen LogP contribution in [0.15, 0.2) is 54.1 Å². The molecule has 0 radical (unpaired) electrons. The van der Waals surface area contributed by atoms with Crippen LogP contribution in [0.25, 0.3) is 6.08 Å². The van der Waals surface area contributed by atoms with E-state index < -0.39 is 47.4 Å². The van der Waals surface area contributed by atoms with Gasteiger partial charge in [0, 0.05) is 24.1 Å². The van der Waals surface area contributed by atoms with Crippen LogP contribution in [0.3, 0.4) is 0 Å². The molecule has 1 unspecified atom stereocenters. The van der Waals surface area contributed by atoms with Gasteiger partial charge in [-0.1, -0.05) is 0 Å². The number of halogens is 3. The molecule has 168 valence electrons. The number of aliphatic hydroxyl groups excluding tert-OH is 1. The minimum atomic E-state index is -4.55. The van der Waals surface area contributed by atoms with E-state index in [0.29, 0.717) is 5.56 Å². The maximum absolute atomic E-state index is 12.6. The molecule has 8 nitrogen and oxygen atoms in total. The lowest BCUT2D eigenvalue weighted by molar-refractivity contribution is -0.384. The number of rotatable bonds is 6. The zero-order valence-corrected chi connectivity index (χ0v) is 16.3. The molecule has 0 amide bonds. The molecule has 1 N–H and O–H groups in total. The summed E-state index contributed by atoms with van der Waals surface area (Å²) in [5.41, 5.74) is -2.10. The monoisotopic (exact) mass is 451 g/mol. The number of ether oxygens (including phenoxy) is 2. The Kier molecular flexibility index (Phi) is 6.30. The van der Waals surface area contributed by atoms with Crippen LogP contribution in [0, 0.1) is 10.1 Å². The van der Waals surface area contributed by atoms with Crippen LogP contribution in [0.5, 0.6) is 0 Å². The molecule has 0 spiro atoms. The second kappa shape index (κ2) is 8.79. The number of carbonyl (C=O) groups excluding carboxylic acids is 2. The molecule has 0 saturated carbocycles. The van der Waals surface area contributed by atoms with Crippen molar-refractivity contribution in [3.05, 3.63) is 80.9 Å². The quantitative estimate of drug-likeness (QED) is 0.309. The first kappa shape index (κ1) is 22.9. The fourth-order valence-electron chi connectivity index (χ4n) is 3.01. The highest BCUT2D eigenvalue weighted by Gasteiger charge is 2.44. The molecule has 0 aromatic heterocycles. The molecule has 0 aliphatic carbocycles. The maximum Gasteiger partial charge on any atom is 0.416 e. The van der Waals surface area contributed by atoms with Crippen LogP contribution in [0.1, 0.15) is 27.9 Å². The van der Waals surface area contributed by atoms with Crippen LogP contribution >= 0.6 is 0 Å². The lowest BCUT2D eigenvalue weighted by atomic mass is 9.98. The maximum atomic E-state index is 12.6. The third kappa shape index (κ3) is 5.11. The average Bonchev–Trinajstić information content (AvgIpc) is 3.07. The molecule has 1 saturated heterocycles. The number of benzene rings is 2. The summed E-state index contributed by atoms with van der Waals surface area (Å²) >= 11 is 0. The molecule has 11 heteroatoms. The van der Waals surface area contributed by atoms with E-state index in [0.717, 1.165) is 24.3 Å². The molecular formula is C21H16F3NO7. The van der Waals surface area contributed by atoms with E-state index in [-0.39, 0.29) is 23.2 Å². The topological polar surface area (TPSA) is 116 Å². The largest absolute Gasteiger partial charge is 0.458 e. The van der Waals surface area contributed by atoms with Gasteiger partial charge in [-0.2, -0.15) is 13.2 Å². The number of carbonyl (C=O) groups is 2. The third-order valence-electron chi connectivity index (χ3n) is 4.73. The van der Waals surface area contributed by atoms with Crippen LogP contribution in [0.4, 0.5) is 18.9 Å². The van der Waals surface area contributed by atoms with Gasteiger partial charge in [-0.25, -0.2) is 9.59 Å². The summed E-state index contributed by atoms with van der Waals surface area (Å²) in [4.78, 5) is 34.5. The Morgan fingerprint density at radius 3 is 2.34 bits per heavy atom. The summed E-state index contributed by atoms with van der Waals surface area (Å²) < 4.78 is 48.1. The first-order chi connectivity index (χ1) is 15.0. The fourth-order valence-corrected chi connectivity index (χ4v) is 3.01. The Balaban J connectivity index is 1.68. The van der Waals surface area contributed by atoms with Gasteiger partial charge in [0.15, 0.2) is 5.60 Å². The molecule has 32 heavy (non-hydrogen) atoms. The summed E-state index contributed by atoms with van der Waals surface area (Å²) in [6.07, 6.45) is -3.23. The number of esters is 2. The van der Waals surface area contributed by atoms with Gasteiger partial charge in [-0.15, -0.1) is 0 Å². The second-order valence-electron chi connectivity index (χ2n) is 7.08. The lowest BCUT2D eigenvalue weighted by Crippen LogP contribution is -2.39. The highest BCUT2D eigenvalue weighted by atomic mass is 19.4. The predicted molar refractivity (Wildman–Crippen MR) is 103 cm³/mol. The normalized spacial score (nSPS) is 19.6. The number of alkyl halides is 3. The van der Waals surface area contributed by atoms with E-state index in [1.54, 1.807) is 0 Å².